The van der Waals surface area contributed by atoms with Crippen LogP contribution in [-0.4, -0.2) is 23.0 Å². The molecule has 2 aromatic rings. The van der Waals surface area contributed by atoms with E-state index in [0.717, 1.165) is 0 Å². The highest BCUT2D eigenvalue weighted by Crippen LogP contribution is 2.37. The SMILES string of the molecule is O=C1OC(=O)c2cc(-c3cccc4c3C(=O)OC4O)ccc21. The summed E-state index contributed by atoms with van der Waals surface area (Å²) in [6.45, 7) is 0. The van der Waals surface area contributed by atoms with Crippen LogP contribution in [0.2, 0.25) is 0 Å². The van der Waals surface area contributed by atoms with Gasteiger partial charge < -0.3 is 14.6 Å². The summed E-state index contributed by atoms with van der Waals surface area (Å²) >= 11 is 0. The van der Waals surface area contributed by atoms with Crippen LogP contribution in [-0.2, 0) is 9.47 Å². The first kappa shape index (κ1) is 12.7. The topological polar surface area (TPSA) is 89.9 Å². The third-order valence-electron chi connectivity index (χ3n) is 3.74. The molecule has 0 amide bonds. The third-order valence-corrected chi connectivity index (χ3v) is 3.74. The zero-order valence-corrected chi connectivity index (χ0v) is 11.0. The van der Waals surface area contributed by atoms with Gasteiger partial charge in [0.05, 0.1) is 16.7 Å². The van der Waals surface area contributed by atoms with Crippen molar-refractivity contribution in [2.45, 2.75) is 6.29 Å². The highest BCUT2D eigenvalue weighted by molar-refractivity contribution is 6.15. The highest BCUT2D eigenvalue weighted by atomic mass is 16.6. The van der Waals surface area contributed by atoms with Crippen molar-refractivity contribution in [3.63, 3.8) is 0 Å². The van der Waals surface area contributed by atoms with E-state index < -0.39 is 24.2 Å². The normalized spacial score (nSPS) is 18.8. The summed E-state index contributed by atoms with van der Waals surface area (Å²) in [5, 5.41) is 9.69. The molecule has 2 aliphatic heterocycles. The number of fused-ring (bicyclic) bond motifs is 2. The minimum absolute atomic E-state index is 0.159. The molecule has 0 radical (unpaired) electrons. The van der Waals surface area contributed by atoms with Crippen LogP contribution in [0.15, 0.2) is 36.4 Å². The van der Waals surface area contributed by atoms with Crippen molar-refractivity contribution in [1.29, 1.82) is 0 Å². The van der Waals surface area contributed by atoms with Crippen molar-refractivity contribution in [1.82, 2.24) is 0 Å². The third kappa shape index (κ3) is 1.61. The quantitative estimate of drug-likeness (QED) is 0.637. The summed E-state index contributed by atoms with van der Waals surface area (Å²) < 4.78 is 9.34. The van der Waals surface area contributed by atoms with Crippen LogP contribution in [0.5, 0.6) is 0 Å². The number of benzene rings is 2. The second-order valence-corrected chi connectivity index (χ2v) is 4.96. The maximum absolute atomic E-state index is 11.9. The number of ether oxygens (including phenoxy) is 2. The van der Waals surface area contributed by atoms with Gasteiger partial charge in [-0.3, -0.25) is 0 Å². The molecule has 0 fully saturated rings. The van der Waals surface area contributed by atoms with Crippen LogP contribution >= 0.6 is 0 Å². The molecule has 0 saturated carbocycles. The van der Waals surface area contributed by atoms with Crippen molar-refractivity contribution in [2.75, 3.05) is 0 Å². The Hall–Kier alpha value is -2.99. The Kier molecular flexibility index (Phi) is 2.46. The van der Waals surface area contributed by atoms with Crippen molar-refractivity contribution in [2.24, 2.45) is 0 Å². The number of carbonyl (C=O) groups excluding carboxylic acids is 3. The first-order chi connectivity index (χ1) is 10.6. The summed E-state index contributed by atoms with van der Waals surface area (Å²) in [7, 11) is 0. The van der Waals surface area contributed by atoms with Gasteiger partial charge in [0.2, 0.25) is 6.29 Å². The summed E-state index contributed by atoms with van der Waals surface area (Å²) in [4.78, 5) is 35.0. The van der Waals surface area contributed by atoms with E-state index in [1.165, 1.54) is 12.1 Å². The number of esters is 3. The van der Waals surface area contributed by atoms with Gasteiger partial charge in [0.1, 0.15) is 0 Å². The van der Waals surface area contributed by atoms with Crippen molar-refractivity contribution in [3.05, 3.63) is 58.7 Å². The van der Waals surface area contributed by atoms with E-state index in [1.807, 2.05) is 0 Å². The molecule has 1 unspecified atom stereocenters. The van der Waals surface area contributed by atoms with Crippen LogP contribution in [0.1, 0.15) is 42.9 Å². The summed E-state index contributed by atoms with van der Waals surface area (Å²) in [5.74, 6) is -2.02. The van der Waals surface area contributed by atoms with Gasteiger partial charge in [-0.05, 0) is 23.3 Å². The Morgan fingerprint density at radius 2 is 1.64 bits per heavy atom. The molecule has 2 aliphatic rings. The van der Waals surface area contributed by atoms with Gasteiger partial charge in [-0.1, -0.05) is 24.3 Å². The van der Waals surface area contributed by atoms with E-state index in [-0.39, 0.29) is 16.7 Å². The molecule has 2 aromatic carbocycles. The summed E-state index contributed by atoms with van der Waals surface area (Å²) in [6, 6.07) is 9.55. The van der Waals surface area contributed by atoms with E-state index in [0.29, 0.717) is 16.7 Å². The van der Waals surface area contributed by atoms with E-state index in [4.69, 9.17) is 4.74 Å². The molecule has 108 valence electrons. The zero-order chi connectivity index (χ0) is 15.4. The molecule has 6 heteroatoms. The van der Waals surface area contributed by atoms with E-state index >= 15 is 0 Å². The molecule has 2 heterocycles. The molecule has 0 aromatic heterocycles. The van der Waals surface area contributed by atoms with Crippen molar-refractivity contribution < 1.29 is 29.0 Å². The lowest BCUT2D eigenvalue weighted by molar-refractivity contribution is -0.0547. The van der Waals surface area contributed by atoms with Gasteiger partial charge in [0, 0.05) is 5.56 Å². The Labute approximate surface area is 123 Å². The molecule has 6 nitrogen and oxygen atoms in total. The van der Waals surface area contributed by atoms with E-state index in [2.05, 4.69) is 4.74 Å². The molecule has 0 saturated heterocycles. The predicted molar refractivity (Wildman–Crippen MR) is 72.0 cm³/mol. The van der Waals surface area contributed by atoms with Crippen LogP contribution in [0.3, 0.4) is 0 Å². The smallest absolute Gasteiger partial charge is 0.346 e. The van der Waals surface area contributed by atoms with E-state index in [1.54, 1.807) is 24.3 Å². The maximum atomic E-state index is 11.9. The van der Waals surface area contributed by atoms with Crippen molar-refractivity contribution >= 4 is 17.9 Å². The number of aliphatic hydroxyl groups is 1. The zero-order valence-electron chi connectivity index (χ0n) is 11.0. The van der Waals surface area contributed by atoms with Crippen molar-refractivity contribution in [3.8, 4) is 11.1 Å². The van der Waals surface area contributed by atoms with Crippen LogP contribution in [0.25, 0.3) is 11.1 Å². The lowest BCUT2D eigenvalue weighted by atomic mass is 9.94. The van der Waals surface area contributed by atoms with Gasteiger partial charge in [-0.2, -0.15) is 0 Å². The van der Waals surface area contributed by atoms with Gasteiger partial charge in [0.15, 0.2) is 0 Å². The Bertz CT molecular complexity index is 867. The van der Waals surface area contributed by atoms with Crippen LogP contribution in [0, 0.1) is 0 Å². The van der Waals surface area contributed by atoms with Crippen LogP contribution < -0.4 is 0 Å². The first-order valence-corrected chi connectivity index (χ1v) is 6.49. The standard InChI is InChI=1S/C16H8O6/c17-13-9-5-4-7(6-11(9)15(19)21-13)8-2-1-3-10-12(8)16(20)22-14(10)18/h1-6,14,18H. The lowest BCUT2D eigenvalue weighted by Crippen LogP contribution is -1.99. The number of aliphatic hydroxyl groups excluding tert-OH is 1. The largest absolute Gasteiger partial charge is 0.428 e. The fourth-order valence-corrected chi connectivity index (χ4v) is 2.72. The maximum Gasteiger partial charge on any atom is 0.346 e. The molecule has 0 bridgehead atoms. The monoisotopic (exact) mass is 296 g/mol. The fourth-order valence-electron chi connectivity index (χ4n) is 2.72. The molecule has 22 heavy (non-hydrogen) atoms. The minimum atomic E-state index is -1.29. The molecule has 1 atom stereocenters. The second-order valence-electron chi connectivity index (χ2n) is 4.96. The Morgan fingerprint density at radius 3 is 2.45 bits per heavy atom. The van der Waals surface area contributed by atoms with Gasteiger partial charge >= 0.3 is 17.9 Å². The number of cyclic esters (lactones) is 3. The first-order valence-electron chi connectivity index (χ1n) is 6.49. The minimum Gasteiger partial charge on any atom is -0.428 e. The number of hydrogen-bond donors (Lipinski definition) is 1. The van der Waals surface area contributed by atoms with Gasteiger partial charge in [-0.15, -0.1) is 0 Å². The summed E-state index contributed by atoms with van der Waals surface area (Å²) in [5.41, 5.74) is 2.08. The van der Waals surface area contributed by atoms with Gasteiger partial charge in [-0.25, -0.2) is 14.4 Å². The van der Waals surface area contributed by atoms with Gasteiger partial charge in [0.25, 0.3) is 0 Å². The number of hydrogen-bond acceptors (Lipinski definition) is 6. The fraction of sp³-hybridized carbons (Fsp3) is 0.0625. The Morgan fingerprint density at radius 1 is 0.864 bits per heavy atom. The van der Waals surface area contributed by atoms with E-state index in [9.17, 15) is 19.5 Å². The predicted octanol–water partition coefficient (Wildman–Crippen LogP) is 1.83. The average molecular weight is 296 g/mol. The van der Waals surface area contributed by atoms with Crippen LogP contribution in [0.4, 0.5) is 0 Å². The molecule has 1 N–H and O–H groups in total. The highest BCUT2D eigenvalue weighted by Gasteiger charge is 2.34. The summed E-state index contributed by atoms with van der Waals surface area (Å²) in [6.07, 6.45) is -1.29. The number of rotatable bonds is 1. The molecule has 0 aliphatic carbocycles. The molecule has 0 spiro atoms. The second kappa shape index (κ2) is 4.25. The number of carbonyl (C=O) groups is 3. The lowest BCUT2D eigenvalue weighted by Gasteiger charge is -2.07. The molecule has 4 rings (SSSR count). The molecular formula is C16H8O6. The average Bonchev–Trinajstić information content (AvgIpc) is 2.96. The Balaban J connectivity index is 1.92. The molecular weight excluding hydrogens is 288 g/mol.